The van der Waals surface area contributed by atoms with Crippen molar-refractivity contribution < 1.29 is 4.79 Å². The molecule has 0 saturated carbocycles. The Kier molecular flexibility index (Phi) is 5.90. The summed E-state index contributed by atoms with van der Waals surface area (Å²) in [7, 11) is 0. The fourth-order valence-corrected chi connectivity index (χ4v) is 3.47. The summed E-state index contributed by atoms with van der Waals surface area (Å²) in [5, 5.41) is 13.2. The highest BCUT2D eigenvalue weighted by atomic mass is 35.5. The monoisotopic (exact) mass is 378 g/mol. The molecule has 8 heteroatoms. The molecule has 2 N–H and O–H groups in total. The van der Waals surface area contributed by atoms with Gasteiger partial charge in [-0.25, -0.2) is 4.98 Å². The number of H-pyrrole nitrogens is 1. The van der Waals surface area contributed by atoms with Crippen LogP contribution in [0.5, 0.6) is 0 Å². The van der Waals surface area contributed by atoms with Gasteiger partial charge in [0.25, 0.3) is 0 Å². The fraction of sp³-hybridized carbons (Fsp3) is 0.188. The predicted octanol–water partition coefficient (Wildman–Crippen LogP) is 3.52. The van der Waals surface area contributed by atoms with Crippen molar-refractivity contribution in [2.24, 2.45) is 0 Å². The number of nitrogens with zero attached hydrogens (tertiary/aromatic N) is 2. The minimum Gasteiger partial charge on any atom is -0.351 e. The summed E-state index contributed by atoms with van der Waals surface area (Å²) in [6.07, 6.45) is 0.730. The molecule has 0 aliphatic carbocycles. The molecule has 3 rings (SSSR count). The second-order valence-electron chi connectivity index (χ2n) is 5.01. The SMILES string of the molecule is O=C(CSc1n[nH]c(Cc2cccs2)n1)NCc1ccc(Cl)cc1. The van der Waals surface area contributed by atoms with Gasteiger partial charge in [0.2, 0.25) is 11.1 Å². The number of aromatic nitrogens is 3. The van der Waals surface area contributed by atoms with Gasteiger partial charge in [-0.3, -0.25) is 9.89 Å². The van der Waals surface area contributed by atoms with Crippen molar-refractivity contribution in [2.75, 3.05) is 5.75 Å². The number of hydrogen-bond acceptors (Lipinski definition) is 5. The number of carbonyl (C=O) groups excluding carboxylic acids is 1. The first-order valence-corrected chi connectivity index (χ1v) is 9.51. The van der Waals surface area contributed by atoms with Gasteiger partial charge in [0.1, 0.15) is 5.82 Å². The van der Waals surface area contributed by atoms with E-state index in [1.807, 2.05) is 23.6 Å². The number of halogens is 1. The van der Waals surface area contributed by atoms with Crippen LogP contribution in [0.1, 0.15) is 16.3 Å². The number of amides is 1. The van der Waals surface area contributed by atoms with Gasteiger partial charge in [0.05, 0.1) is 5.75 Å². The summed E-state index contributed by atoms with van der Waals surface area (Å²) in [5.74, 6) is 1.03. The van der Waals surface area contributed by atoms with Gasteiger partial charge in [-0.05, 0) is 29.1 Å². The first kappa shape index (κ1) is 17.0. The molecule has 2 heterocycles. The van der Waals surface area contributed by atoms with E-state index in [2.05, 4.69) is 26.6 Å². The average Bonchev–Trinajstić information content (AvgIpc) is 3.25. The number of rotatable bonds is 7. The van der Waals surface area contributed by atoms with Gasteiger partial charge < -0.3 is 5.32 Å². The molecule has 1 amide bonds. The van der Waals surface area contributed by atoms with E-state index in [4.69, 9.17) is 11.6 Å². The van der Waals surface area contributed by atoms with E-state index >= 15 is 0 Å². The van der Waals surface area contributed by atoms with Gasteiger partial charge in [-0.2, -0.15) is 0 Å². The molecule has 0 bridgehead atoms. The number of hydrogen-bond donors (Lipinski definition) is 2. The first-order valence-electron chi connectivity index (χ1n) is 7.26. The van der Waals surface area contributed by atoms with Crippen LogP contribution in [0.2, 0.25) is 5.02 Å². The summed E-state index contributed by atoms with van der Waals surface area (Å²) < 4.78 is 0. The predicted molar refractivity (Wildman–Crippen MR) is 97.5 cm³/mol. The van der Waals surface area contributed by atoms with E-state index in [9.17, 15) is 4.79 Å². The number of aromatic amines is 1. The standard InChI is InChI=1S/C16H15ClN4OS2/c17-12-5-3-11(4-6-12)9-18-15(22)10-24-16-19-14(20-21-16)8-13-2-1-7-23-13/h1-7H,8-10H2,(H,18,22)(H,19,20,21). The Hall–Kier alpha value is -1.83. The van der Waals surface area contributed by atoms with Gasteiger partial charge in [-0.1, -0.05) is 41.6 Å². The van der Waals surface area contributed by atoms with Crippen LogP contribution in [0, 0.1) is 0 Å². The Morgan fingerprint density at radius 3 is 2.88 bits per heavy atom. The molecule has 5 nitrogen and oxygen atoms in total. The molecule has 0 aliphatic heterocycles. The zero-order valence-corrected chi connectivity index (χ0v) is 15.0. The Morgan fingerprint density at radius 2 is 2.12 bits per heavy atom. The summed E-state index contributed by atoms with van der Waals surface area (Å²) >= 11 is 8.83. The second-order valence-corrected chi connectivity index (χ2v) is 7.42. The Morgan fingerprint density at radius 1 is 1.29 bits per heavy atom. The van der Waals surface area contributed by atoms with E-state index in [1.54, 1.807) is 23.5 Å². The quantitative estimate of drug-likeness (QED) is 0.617. The van der Waals surface area contributed by atoms with Crippen LogP contribution in [-0.2, 0) is 17.8 Å². The molecule has 0 atom stereocenters. The minimum atomic E-state index is -0.0560. The third kappa shape index (κ3) is 5.09. The first-order chi connectivity index (χ1) is 11.7. The zero-order chi connectivity index (χ0) is 16.8. The van der Waals surface area contributed by atoms with Gasteiger partial charge in [0, 0.05) is 22.9 Å². The number of thiophene rings is 1. The lowest BCUT2D eigenvalue weighted by atomic mass is 10.2. The average molecular weight is 379 g/mol. The Balaban J connectivity index is 1.42. The van der Waals surface area contributed by atoms with Crippen LogP contribution in [0.15, 0.2) is 46.9 Å². The summed E-state index contributed by atoms with van der Waals surface area (Å²) in [4.78, 5) is 17.5. The van der Waals surface area contributed by atoms with Crippen molar-refractivity contribution in [3.63, 3.8) is 0 Å². The van der Waals surface area contributed by atoms with Crippen molar-refractivity contribution in [1.29, 1.82) is 0 Å². The van der Waals surface area contributed by atoms with Crippen LogP contribution in [0.3, 0.4) is 0 Å². The normalized spacial score (nSPS) is 10.7. The highest BCUT2D eigenvalue weighted by Gasteiger charge is 2.08. The van der Waals surface area contributed by atoms with Crippen molar-refractivity contribution in [3.05, 3.63) is 63.1 Å². The van der Waals surface area contributed by atoms with Crippen LogP contribution < -0.4 is 5.32 Å². The molecule has 1 aromatic carbocycles. The summed E-state index contributed by atoms with van der Waals surface area (Å²) in [5.41, 5.74) is 1.01. The molecular weight excluding hydrogens is 364 g/mol. The van der Waals surface area contributed by atoms with E-state index in [-0.39, 0.29) is 11.7 Å². The number of nitrogens with one attached hydrogen (secondary N) is 2. The van der Waals surface area contributed by atoms with E-state index in [0.717, 1.165) is 17.8 Å². The molecule has 0 spiro atoms. The zero-order valence-electron chi connectivity index (χ0n) is 12.7. The fourth-order valence-electron chi connectivity index (χ4n) is 1.98. The van der Waals surface area contributed by atoms with Crippen LogP contribution in [-0.4, -0.2) is 26.8 Å². The summed E-state index contributed by atoms with van der Waals surface area (Å²) in [6, 6.07) is 11.5. The number of thioether (sulfide) groups is 1. The smallest absolute Gasteiger partial charge is 0.230 e. The maximum absolute atomic E-state index is 11.9. The van der Waals surface area contributed by atoms with E-state index < -0.39 is 0 Å². The molecule has 0 radical (unpaired) electrons. The third-order valence-electron chi connectivity index (χ3n) is 3.17. The summed E-state index contributed by atoms with van der Waals surface area (Å²) in [6.45, 7) is 0.480. The third-order valence-corrected chi connectivity index (χ3v) is 5.14. The van der Waals surface area contributed by atoms with Crippen molar-refractivity contribution in [2.45, 2.75) is 18.1 Å². The largest absolute Gasteiger partial charge is 0.351 e. The van der Waals surface area contributed by atoms with Gasteiger partial charge >= 0.3 is 0 Å². The lowest BCUT2D eigenvalue weighted by Crippen LogP contribution is -2.24. The van der Waals surface area contributed by atoms with Gasteiger partial charge in [0.15, 0.2) is 0 Å². The second kappa shape index (κ2) is 8.32. The maximum Gasteiger partial charge on any atom is 0.230 e. The van der Waals surface area contributed by atoms with E-state index in [0.29, 0.717) is 16.7 Å². The molecule has 2 aromatic heterocycles. The van der Waals surface area contributed by atoms with Crippen molar-refractivity contribution in [1.82, 2.24) is 20.5 Å². The molecule has 0 unspecified atom stereocenters. The number of benzene rings is 1. The number of carbonyl (C=O) groups is 1. The lowest BCUT2D eigenvalue weighted by Gasteiger charge is -2.04. The molecule has 3 aromatic rings. The van der Waals surface area contributed by atoms with Crippen molar-refractivity contribution >= 4 is 40.6 Å². The van der Waals surface area contributed by atoms with Gasteiger partial charge in [-0.15, -0.1) is 16.4 Å². The van der Waals surface area contributed by atoms with E-state index in [1.165, 1.54) is 16.6 Å². The lowest BCUT2D eigenvalue weighted by molar-refractivity contribution is -0.118. The Labute approximate surface area is 152 Å². The molecule has 0 aliphatic rings. The molecular formula is C16H15ClN4OS2. The highest BCUT2D eigenvalue weighted by Crippen LogP contribution is 2.16. The minimum absolute atomic E-state index is 0.0560. The topological polar surface area (TPSA) is 70.7 Å². The van der Waals surface area contributed by atoms with Crippen LogP contribution in [0.4, 0.5) is 0 Å². The Bertz CT molecular complexity index is 787. The molecule has 0 saturated heterocycles. The van der Waals surface area contributed by atoms with Crippen LogP contribution >= 0.6 is 34.7 Å². The van der Waals surface area contributed by atoms with Crippen molar-refractivity contribution in [3.8, 4) is 0 Å². The molecule has 24 heavy (non-hydrogen) atoms. The molecule has 124 valence electrons. The maximum atomic E-state index is 11.9. The highest BCUT2D eigenvalue weighted by molar-refractivity contribution is 7.99. The van der Waals surface area contributed by atoms with Crippen LogP contribution in [0.25, 0.3) is 0 Å². The molecule has 0 fully saturated rings.